The molecule has 1 saturated heterocycles. The molecule has 5 aliphatic heterocycles. The molecule has 0 aromatic carbocycles. The Labute approximate surface area is 319 Å². The third-order valence-corrected chi connectivity index (χ3v) is 11.0. The first-order valence-electron chi connectivity index (χ1n) is 17.8. The van der Waals surface area contributed by atoms with Crippen LogP contribution in [0, 0.1) is 11.3 Å². The lowest BCUT2D eigenvalue weighted by Crippen LogP contribution is -2.41. The Hall–Kier alpha value is -6.11. The van der Waals surface area contributed by atoms with Gasteiger partial charge in [0, 0.05) is 29.8 Å². The van der Waals surface area contributed by atoms with Crippen LogP contribution in [0.25, 0.3) is 0 Å². The average molecular weight is 749 g/mol. The van der Waals surface area contributed by atoms with E-state index in [9.17, 15) is 24.3 Å². The number of methoxy groups -OCH3 is 4. The van der Waals surface area contributed by atoms with E-state index in [1.165, 1.54) is 28.4 Å². The van der Waals surface area contributed by atoms with Gasteiger partial charge in [-0.05, 0) is 105 Å². The van der Waals surface area contributed by atoms with Crippen molar-refractivity contribution >= 4 is 41.0 Å². The van der Waals surface area contributed by atoms with Crippen molar-refractivity contribution in [1.29, 1.82) is 0 Å². The van der Waals surface area contributed by atoms with E-state index in [2.05, 4.69) is 5.32 Å². The largest absolute Gasteiger partial charge is 0.512 e. The number of aliphatic imine (C=N–C) groups is 3. The van der Waals surface area contributed by atoms with Crippen LogP contribution in [0.2, 0.25) is 0 Å². The van der Waals surface area contributed by atoms with Crippen LogP contribution < -0.4 is 5.32 Å². The first-order valence-corrected chi connectivity index (χ1v) is 17.8. The molecular weight excluding hydrogens is 704 g/mol. The zero-order valence-electron chi connectivity index (χ0n) is 32.4. The lowest BCUT2D eigenvalue weighted by atomic mass is 9.64. The van der Waals surface area contributed by atoms with Gasteiger partial charge in [-0.25, -0.2) is 19.8 Å². The molecule has 5 heterocycles. The zero-order valence-corrected chi connectivity index (χ0v) is 32.4. The van der Waals surface area contributed by atoms with Gasteiger partial charge in [0.25, 0.3) is 0 Å². The van der Waals surface area contributed by atoms with E-state index in [1.807, 2.05) is 52.0 Å². The molecule has 6 rings (SSSR count). The van der Waals surface area contributed by atoms with E-state index in [0.717, 1.165) is 22.3 Å². The maximum atomic E-state index is 13.7. The molecule has 286 valence electrons. The number of esters is 4. The van der Waals surface area contributed by atoms with Gasteiger partial charge in [0.05, 0.1) is 79.4 Å². The van der Waals surface area contributed by atoms with Crippen LogP contribution in [-0.4, -0.2) is 74.6 Å². The Morgan fingerprint density at radius 1 is 0.745 bits per heavy atom. The minimum absolute atomic E-state index is 0.0674. The Balaban J connectivity index is 1.66. The topological polar surface area (TPSA) is 175 Å². The molecule has 13 heteroatoms. The number of aliphatic hydroxyl groups excluding tert-OH is 1. The standard InChI is InChI=1S/C42H44N4O9/c1-20-24(11-14-36(48)52-6)31-18-32-25(12-15-37(49)53-7)21(2)30(44-32)19-35-42(5)27(13-10-26(40(50)54-8)39(42)41(51)55-9)33(46-35)16-29-22(3)38(23(4)47)34(45-29)17-28(20)43-31/h10,13,16-19,39,46-47H,11-12,14-15H2,1-9H3/b28-17?,32-18?,33-16?,35-19?,38-23-/t39-,42+/m0/s1. The van der Waals surface area contributed by atoms with Crippen LogP contribution in [0.1, 0.15) is 60.3 Å². The van der Waals surface area contributed by atoms with Crippen LogP contribution in [0.4, 0.5) is 0 Å². The molecule has 0 amide bonds. The van der Waals surface area contributed by atoms with Crippen LogP contribution in [-0.2, 0) is 38.1 Å². The molecule has 0 radical (unpaired) electrons. The van der Waals surface area contributed by atoms with Gasteiger partial charge in [-0.1, -0.05) is 12.2 Å². The summed E-state index contributed by atoms with van der Waals surface area (Å²) in [6, 6.07) is 0. The number of aliphatic hydroxyl groups is 1. The number of carbonyl (C=O) groups is 4. The predicted octanol–water partition coefficient (Wildman–Crippen LogP) is 5.98. The van der Waals surface area contributed by atoms with Crippen molar-refractivity contribution in [3.8, 4) is 0 Å². The van der Waals surface area contributed by atoms with Crippen molar-refractivity contribution in [3.63, 3.8) is 0 Å². The van der Waals surface area contributed by atoms with Crippen molar-refractivity contribution in [2.24, 2.45) is 26.3 Å². The summed E-state index contributed by atoms with van der Waals surface area (Å²) >= 11 is 0. The quantitative estimate of drug-likeness (QED) is 0.171. The molecule has 0 saturated carbocycles. The molecule has 1 fully saturated rings. The highest BCUT2D eigenvalue weighted by Gasteiger charge is 2.55. The predicted molar refractivity (Wildman–Crippen MR) is 205 cm³/mol. The maximum absolute atomic E-state index is 13.7. The SMILES string of the molecule is COC(=O)CCC1=C(C)C2=NC1=CC1=NC(=CC3=NC(=C(C)/C3=C(\C)O)C=C3NC(=C2)[C@@]2(C)C3=CC=C(C(=O)OC)[C@H]2C(=O)OC)C(C)=C1CCC(=O)OC. The molecule has 55 heavy (non-hydrogen) atoms. The van der Waals surface area contributed by atoms with Gasteiger partial charge in [-0.15, -0.1) is 0 Å². The monoisotopic (exact) mass is 748 g/mol. The first kappa shape index (κ1) is 38.6. The van der Waals surface area contributed by atoms with Gasteiger partial charge in [0.15, 0.2) is 0 Å². The molecule has 0 spiro atoms. The zero-order chi connectivity index (χ0) is 39.9. The van der Waals surface area contributed by atoms with E-state index in [4.69, 9.17) is 33.9 Å². The number of allylic oxidation sites excluding steroid dienone is 15. The Kier molecular flexibility index (Phi) is 10.5. The van der Waals surface area contributed by atoms with Gasteiger partial charge in [0.2, 0.25) is 0 Å². The van der Waals surface area contributed by atoms with E-state index in [0.29, 0.717) is 75.2 Å². The highest BCUT2D eigenvalue weighted by atomic mass is 16.5. The van der Waals surface area contributed by atoms with Gasteiger partial charge in [-0.3, -0.25) is 14.4 Å². The fourth-order valence-electron chi connectivity index (χ4n) is 7.89. The van der Waals surface area contributed by atoms with E-state index < -0.39 is 23.3 Å². The summed E-state index contributed by atoms with van der Waals surface area (Å²) in [5, 5.41) is 14.5. The molecule has 0 aromatic heterocycles. The fraction of sp³-hybridized carbons (Fsp3) is 0.357. The highest BCUT2D eigenvalue weighted by Crippen LogP contribution is 2.55. The van der Waals surface area contributed by atoms with Crippen molar-refractivity contribution in [3.05, 3.63) is 115 Å². The number of nitrogens with one attached hydrogen (secondary N) is 1. The fourth-order valence-corrected chi connectivity index (χ4v) is 7.89. The number of hydrogen-bond donors (Lipinski definition) is 2. The third kappa shape index (κ3) is 6.68. The lowest BCUT2D eigenvalue weighted by Gasteiger charge is -2.36. The van der Waals surface area contributed by atoms with Crippen LogP contribution in [0.15, 0.2) is 130 Å². The number of nitrogens with zero attached hydrogens (tertiary/aromatic N) is 3. The number of ether oxygens (including phenoxy) is 4. The summed E-state index contributed by atoms with van der Waals surface area (Å²) in [7, 11) is 5.22. The molecule has 2 atom stereocenters. The second kappa shape index (κ2) is 15.0. The van der Waals surface area contributed by atoms with Crippen molar-refractivity contribution in [2.75, 3.05) is 28.4 Å². The number of fused-ring (bicyclic) bond motifs is 8. The number of carbonyl (C=O) groups excluding carboxylic acids is 4. The lowest BCUT2D eigenvalue weighted by molar-refractivity contribution is -0.150. The Morgan fingerprint density at radius 2 is 1.38 bits per heavy atom. The summed E-state index contributed by atoms with van der Waals surface area (Å²) in [4.78, 5) is 66.7. The van der Waals surface area contributed by atoms with Gasteiger partial charge in [-0.2, -0.15) is 0 Å². The van der Waals surface area contributed by atoms with Crippen molar-refractivity contribution < 1.29 is 43.2 Å². The van der Waals surface area contributed by atoms with Crippen molar-refractivity contribution in [1.82, 2.24) is 5.32 Å². The summed E-state index contributed by atoms with van der Waals surface area (Å²) in [5.41, 5.74) is 8.62. The van der Waals surface area contributed by atoms with Gasteiger partial charge >= 0.3 is 23.9 Å². The average Bonchev–Trinajstić information content (AvgIpc) is 3.82. The molecule has 6 aliphatic rings. The normalized spacial score (nSPS) is 23.6. The van der Waals surface area contributed by atoms with Crippen molar-refractivity contribution in [2.45, 2.75) is 60.3 Å². The Morgan fingerprint density at radius 3 is 2.00 bits per heavy atom. The van der Waals surface area contributed by atoms with E-state index in [1.54, 1.807) is 19.1 Å². The summed E-state index contributed by atoms with van der Waals surface area (Å²) in [6.45, 7) is 9.16. The van der Waals surface area contributed by atoms with Crippen LogP contribution in [0.3, 0.4) is 0 Å². The van der Waals surface area contributed by atoms with Gasteiger partial charge in [0.1, 0.15) is 5.92 Å². The number of hydrogen-bond acceptors (Lipinski definition) is 13. The van der Waals surface area contributed by atoms with Gasteiger partial charge < -0.3 is 29.4 Å². The van der Waals surface area contributed by atoms with E-state index >= 15 is 0 Å². The maximum Gasteiger partial charge on any atom is 0.334 e. The molecular formula is C42H44N4O9. The second-order valence-electron chi connectivity index (χ2n) is 14.0. The van der Waals surface area contributed by atoms with E-state index in [-0.39, 0.29) is 36.1 Å². The summed E-state index contributed by atoms with van der Waals surface area (Å²) in [5.74, 6) is -3.09. The summed E-state index contributed by atoms with van der Waals surface area (Å²) < 4.78 is 20.3. The molecule has 8 bridgehead atoms. The summed E-state index contributed by atoms with van der Waals surface area (Å²) in [6.07, 6.45) is 11.6. The highest BCUT2D eigenvalue weighted by molar-refractivity contribution is 6.19. The molecule has 2 N–H and O–H groups in total. The smallest absolute Gasteiger partial charge is 0.334 e. The molecule has 0 unspecified atom stereocenters. The molecule has 13 nitrogen and oxygen atoms in total. The minimum Gasteiger partial charge on any atom is -0.512 e. The third-order valence-electron chi connectivity index (χ3n) is 11.0. The molecule has 1 aliphatic carbocycles. The first-order chi connectivity index (χ1) is 26.2. The van der Waals surface area contributed by atoms with Crippen LogP contribution >= 0.6 is 0 Å². The number of rotatable bonds is 8. The Bertz CT molecular complexity index is 2260. The second-order valence-corrected chi connectivity index (χ2v) is 14.0. The minimum atomic E-state index is -1.18. The van der Waals surface area contributed by atoms with Crippen LogP contribution in [0.5, 0.6) is 0 Å². The molecule has 0 aromatic rings.